The van der Waals surface area contributed by atoms with Crippen molar-refractivity contribution in [2.75, 3.05) is 11.9 Å². The van der Waals surface area contributed by atoms with Crippen LogP contribution in [-0.4, -0.2) is 41.2 Å². The van der Waals surface area contributed by atoms with Gasteiger partial charge < -0.3 is 10.1 Å². The number of fused-ring (bicyclic) bond motifs is 1. The number of unbranched alkanes of at least 4 members (excludes halogenated alkanes) is 1. The van der Waals surface area contributed by atoms with Crippen molar-refractivity contribution in [2.24, 2.45) is 0 Å². The van der Waals surface area contributed by atoms with Crippen molar-refractivity contribution in [2.45, 2.75) is 32.2 Å². The van der Waals surface area contributed by atoms with E-state index < -0.39 is 36.3 Å². The number of imide groups is 1. The normalized spacial score (nSPS) is 13.7. The summed E-state index contributed by atoms with van der Waals surface area (Å²) in [5.74, 6) is -2.55. The average molecular weight is 463 g/mol. The maximum absolute atomic E-state index is 12.8. The molecule has 0 saturated carbocycles. The van der Waals surface area contributed by atoms with Gasteiger partial charge in [-0.15, -0.1) is 0 Å². The van der Waals surface area contributed by atoms with Gasteiger partial charge in [0.1, 0.15) is 6.04 Å². The number of halogens is 2. The number of amides is 3. The van der Waals surface area contributed by atoms with Crippen molar-refractivity contribution >= 4 is 52.6 Å². The first-order chi connectivity index (χ1) is 14.8. The standard InChI is InChI=1S/C22H20Cl2N2O5/c1-2-3-11-17(26-20(28)13-7-4-5-8-14(13)21(26)29)22(30)31-12-18(27)25-16-10-6-9-15(23)19(16)24/h4-10,17H,2-3,11-12H2,1H3,(H,25,27)/t17-/m1/s1. The average Bonchev–Trinajstić information content (AvgIpc) is 3.01. The van der Waals surface area contributed by atoms with Gasteiger partial charge in [0.25, 0.3) is 17.7 Å². The molecule has 1 N–H and O–H groups in total. The lowest BCUT2D eigenvalue weighted by molar-refractivity contribution is -0.151. The zero-order valence-electron chi connectivity index (χ0n) is 16.7. The lowest BCUT2D eigenvalue weighted by atomic mass is 10.1. The van der Waals surface area contributed by atoms with E-state index in [-0.39, 0.29) is 33.3 Å². The molecule has 31 heavy (non-hydrogen) atoms. The van der Waals surface area contributed by atoms with Gasteiger partial charge in [-0.1, -0.05) is 61.2 Å². The van der Waals surface area contributed by atoms with Gasteiger partial charge in [0.15, 0.2) is 6.61 Å². The maximum atomic E-state index is 12.8. The minimum absolute atomic E-state index is 0.163. The van der Waals surface area contributed by atoms with Crippen molar-refractivity contribution < 1.29 is 23.9 Å². The molecule has 1 aliphatic rings. The summed E-state index contributed by atoms with van der Waals surface area (Å²) >= 11 is 11.9. The van der Waals surface area contributed by atoms with Crippen LogP contribution in [0.1, 0.15) is 46.9 Å². The molecule has 0 spiro atoms. The van der Waals surface area contributed by atoms with Crippen LogP contribution in [0.4, 0.5) is 5.69 Å². The van der Waals surface area contributed by atoms with Crippen LogP contribution in [0.3, 0.4) is 0 Å². The van der Waals surface area contributed by atoms with Crippen molar-refractivity contribution in [1.82, 2.24) is 4.90 Å². The third kappa shape index (κ3) is 4.89. The van der Waals surface area contributed by atoms with E-state index in [4.69, 9.17) is 27.9 Å². The fraction of sp³-hybridized carbons (Fsp3) is 0.273. The Bertz CT molecular complexity index is 1010. The number of anilines is 1. The number of nitrogens with one attached hydrogen (secondary N) is 1. The van der Waals surface area contributed by atoms with Crippen LogP contribution < -0.4 is 5.32 Å². The fourth-order valence-corrected chi connectivity index (χ4v) is 3.61. The van der Waals surface area contributed by atoms with E-state index in [1.165, 1.54) is 0 Å². The summed E-state index contributed by atoms with van der Waals surface area (Å²) in [6.07, 6.45) is 1.58. The second-order valence-electron chi connectivity index (χ2n) is 6.94. The summed E-state index contributed by atoms with van der Waals surface area (Å²) in [7, 11) is 0. The first-order valence-corrected chi connectivity index (χ1v) is 10.5. The summed E-state index contributed by atoms with van der Waals surface area (Å²) in [6, 6.07) is 10.0. The molecule has 0 bridgehead atoms. The highest BCUT2D eigenvalue weighted by Gasteiger charge is 2.43. The van der Waals surface area contributed by atoms with E-state index in [0.717, 1.165) is 11.3 Å². The van der Waals surface area contributed by atoms with Crippen molar-refractivity contribution in [1.29, 1.82) is 0 Å². The van der Waals surface area contributed by atoms with Crippen LogP contribution in [0.2, 0.25) is 10.0 Å². The largest absolute Gasteiger partial charge is 0.454 e. The van der Waals surface area contributed by atoms with Crippen molar-refractivity contribution in [3.8, 4) is 0 Å². The highest BCUT2D eigenvalue weighted by Crippen LogP contribution is 2.30. The topological polar surface area (TPSA) is 92.8 Å². The third-order valence-corrected chi connectivity index (χ3v) is 5.63. The molecular weight excluding hydrogens is 443 g/mol. The number of nitrogens with zero attached hydrogens (tertiary/aromatic N) is 1. The molecule has 9 heteroatoms. The van der Waals surface area contributed by atoms with E-state index in [0.29, 0.717) is 6.42 Å². The molecule has 2 aromatic rings. The van der Waals surface area contributed by atoms with Crippen LogP contribution in [0.25, 0.3) is 0 Å². The Morgan fingerprint density at radius 1 is 1.03 bits per heavy atom. The van der Waals surface area contributed by atoms with E-state index >= 15 is 0 Å². The monoisotopic (exact) mass is 462 g/mol. The lowest BCUT2D eigenvalue weighted by Gasteiger charge is -2.24. The van der Waals surface area contributed by atoms with E-state index in [1.807, 2.05) is 6.92 Å². The van der Waals surface area contributed by atoms with Crippen LogP contribution in [0.15, 0.2) is 42.5 Å². The molecule has 3 amide bonds. The fourth-order valence-electron chi connectivity index (χ4n) is 3.26. The van der Waals surface area contributed by atoms with Gasteiger partial charge in [-0.05, 0) is 30.7 Å². The molecule has 0 aliphatic carbocycles. The number of esters is 1. The van der Waals surface area contributed by atoms with Crippen LogP contribution in [0, 0.1) is 0 Å². The van der Waals surface area contributed by atoms with E-state index in [2.05, 4.69) is 5.32 Å². The first-order valence-electron chi connectivity index (χ1n) is 9.72. The molecule has 3 rings (SSSR count). The Morgan fingerprint density at radius 3 is 2.29 bits per heavy atom. The summed E-state index contributed by atoms with van der Waals surface area (Å²) in [5.41, 5.74) is 0.767. The summed E-state index contributed by atoms with van der Waals surface area (Å²) in [6.45, 7) is 1.32. The number of hydrogen-bond donors (Lipinski definition) is 1. The summed E-state index contributed by atoms with van der Waals surface area (Å²) in [5, 5.41) is 2.94. The van der Waals surface area contributed by atoms with Gasteiger partial charge >= 0.3 is 5.97 Å². The van der Waals surface area contributed by atoms with Gasteiger partial charge in [-0.2, -0.15) is 0 Å². The van der Waals surface area contributed by atoms with E-state index in [9.17, 15) is 19.2 Å². The highest BCUT2D eigenvalue weighted by molar-refractivity contribution is 6.44. The molecule has 0 unspecified atom stereocenters. The number of ether oxygens (including phenoxy) is 1. The highest BCUT2D eigenvalue weighted by atomic mass is 35.5. The molecule has 0 aromatic heterocycles. The number of hydrogen-bond acceptors (Lipinski definition) is 5. The van der Waals surface area contributed by atoms with Gasteiger partial charge in [0.2, 0.25) is 0 Å². The SMILES string of the molecule is CCCC[C@H](C(=O)OCC(=O)Nc1cccc(Cl)c1Cl)N1C(=O)c2ccccc2C1=O. The second kappa shape index (κ2) is 9.94. The van der Waals surface area contributed by atoms with E-state index in [1.54, 1.807) is 42.5 Å². The van der Waals surface area contributed by atoms with Gasteiger partial charge in [0.05, 0.1) is 26.9 Å². The molecular formula is C22H20Cl2N2O5. The molecule has 2 aromatic carbocycles. The molecule has 162 valence electrons. The quantitative estimate of drug-likeness (QED) is 0.465. The van der Waals surface area contributed by atoms with Crippen LogP contribution in [0.5, 0.6) is 0 Å². The predicted molar refractivity (Wildman–Crippen MR) is 116 cm³/mol. The number of benzene rings is 2. The Balaban J connectivity index is 1.69. The molecule has 7 nitrogen and oxygen atoms in total. The van der Waals surface area contributed by atoms with Crippen molar-refractivity contribution in [3.05, 3.63) is 63.6 Å². The van der Waals surface area contributed by atoms with Crippen LogP contribution >= 0.6 is 23.2 Å². The first kappa shape index (κ1) is 22.8. The Morgan fingerprint density at radius 2 is 1.68 bits per heavy atom. The predicted octanol–water partition coefficient (Wildman–Crippen LogP) is 4.33. The number of rotatable bonds is 8. The minimum Gasteiger partial charge on any atom is -0.454 e. The summed E-state index contributed by atoms with van der Waals surface area (Å²) in [4.78, 5) is 51.4. The second-order valence-corrected chi connectivity index (χ2v) is 7.73. The van der Waals surface area contributed by atoms with Gasteiger partial charge in [-0.3, -0.25) is 19.3 Å². The molecule has 1 heterocycles. The third-order valence-electron chi connectivity index (χ3n) is 4.81. The molecule has 1 aliphatic heterocycles. The van der Waals surface area contributed by atoms with Gasteiger partial charge in [0, 0.05) is 0 Å². The minimum atomic E-state index is -1.12. The number of carbonyl (C=O) groups is 4. The van der Waals surface area contributed by atoms with Gasteiger partial charge in [-0.25, -0.2) is 4.79 Å². The molecule has 0 saturated heterocycles. The number of carbonyl (C=O) groups excluding carboxylic acids is 4. The Kier molecular flexibility index (Phi) is 7.30. The Labute approximate surface area is 189 Å². The molecule has 0 radical (unpaired) electrons. The van der Waals surface area contributed by atoms with Crippen molar-refractivity contribution in [3.63, 3.8) is 0 Å². The Hall–Kier alpha value is -2.90. The van der Waals surface area contributed by atoms with Crippen LogP contribution in [-0.2, 0) is 14.3 Å². The maximum Gasteiger partial charge on any atom is 0.329 e. The molecule has 1 atom stereocenters. The lowest BCUT2D eigenvalue weighted by Crippen LogP contribution is -2.46. The smallest absolute Gasteiger partial charge is 0.329 e. The summed E-state index contributed by atoms with van der Waals surface area (Å²) < 4.78 is 5.14. The zero-order chi connectivity index (χ0) is 22.5. The zero-order valence-corrected chi connectivity index (χ0v) is 18.2. The molecule has 0 fully saturated rings.